The van der Waals surface area contributed by atoms with Gasteiger partial charge in [-0.15, -0.1) is 0 Å². The van der Waals surface area contributed by atoms with Crippen LogP contribution in [0.15, 0.2) is 24.3 Å². The Bertz CT molecular complexity index is 313. The molecule has 1 aromatic rings. The van der Waals surface area contributed by atoms with E-state index in [1.165, 1.54) is 0 Å². The molecule has 0 spiro atoms. The first-order valence-electron chi connectivity index (χ1n) is 5.74. The molecule has 16 heavy (non-hydrogen) atoms. The van der Waals surface area contributed by atoms with Crippen molar-refractivity contribution in [2.75, 3.05) is 6.54 Å². The van der Waals surface area contributed by atoms with Gasteiger partial charge in [0.1, 0.15) is 0 Å². The van der Waals surface area contributed by atoms with Crippen LogP contribution in [-0.4, -0.2) is 22.9 Å². The Kier molecular flexibility index (Phi) is 5.46. The molecule has 0 radical (unpaired) electrons. The van der Waals surface area contributed by atoms with Crippen LogP contribution >= 0.6 is 0 Å². The number of hydrogen-bond acceptors (Lipinski definition) is 3. The third kappa shape index (κ3) is 4.31. The lowest BCUT2D eigenvalue weighted by Gasteiger charge is -2.15. The molecule has 0 fully saturated rings. The smallest absolute Gasteiger partial charge is 0.0681 e. The summed E-state index contributed by atoms with van der Waals surface area (Å²) in [5.74, 6) is 0. The number of aliphatic hydroxyl groups excluding tert-OH is 2. The fraction of sp³-hybridized carbons (Fsp3) is 0.538. The summed E-state index contributed by atoms with van der Waals surface area (Å²) >= 11 is 0. The van der Waals surface area contributed by atoms with Crippen molar-refractivity contribution in [2.45, 2.75) is 39.0 Å². The Hall–Kier alpha value is -0.900. The SMILES string of the molecule is CC(O)CCNC(C)c1cccc(CO)c1. The molecule has 0 heterocycles. The van der Waals surface area contributed by atoms with E-state index in [2.05, 4.69) is 12.2 Å². The van der Waals surface area contributed by atoms with E-state index in [0.717, 1.165) is 24.1 Å². The number of nitrogens with one attached hydrogen (secondary N) is 1. The van der Waals surface area contributed by atoms with Crippen LogP contribution in [0.25, 0.3) is 0 Å². The molecule has 90 valence electrons. The highest BCUT2D eigenvalue weighted by Gasteiger charge is 2.05. The summed E-state index contributed by atoms with van der Waals surface area (Å²) in [5, 5.41) is 21.5. The third-order valence-electron chi connectivity index (χ3n) is 2.65. The molecule has 0 amide bonds. The lowest BCUT2D eigenvalue weighted by molar-refractivity contribution is 0.182. The van der Waals surface area contributed by atoms with Gasteiger partial charge in [0.2, 0.25) is 0 Å². The molecular formula is C13H21NO2. The van der Waals surface area contributed by atoms with E-state index >= 15 is 0 Å². The van der Waals surface area contributed by atoms with Crippen molar-refractivity contribution in [1.29, 1.82) is 0 Å². The molecule has 0 aliphatic rings. The van der Waals surface area contributed by atoms with Gasteiger partial charge in [0.05, 0.1) is 12.7 Å². The van der Waals surface area contributed by atoms with Crippen molar-refractivity contribution >= 4 is 0 Å². The van der Waals surface area contributed by atoms with Gasteiger partial charge in [-0.2, -0.15) is 0 Å². The van der Waals surface area contributed by atoms with Gasteiger partial charge in [-0.05, 0) is 37.9 Å². The van der Waals surface area contributed by atoms with Crippen LogP contribution in [0, 0.1) is 0 Å². The van der Waals surface area contributed by atoms with E-state index in [1.807, 2.05) is 24.3 Å². The number of aliphatic hydroxyl groups is 2. The average Bonchev–Trinajstić information content (AvgIpc) is 2.28. The molecule has 3 N–H and O–H groups in total. The summed E-state index contributed by atoms with van der Waals surface area (Å²) in [6.07, 6.45) is 0.493. The summed E-state index contributed by atoms with van der Waals surface area (Å²) in [6.45, 7) is 4.74. The van der Waals surface area contributed by atoms with Gasteiger partial charge in [0, 0.05) is 6.04 Å². The standard InChI is InChI=1S/C13H21NO2/c1-10(16)6-7-14-11(2)13-5-3-4-12(8-13)9-15/h3-5,8,10-11,14-16H,6-7,9H2,1-2H3. The topological polar surface area (TPSA) is 52.5 Å². The largest absolute Gasteiger partial charge is 0.393 e. The molecule has 0 bridgehead atoms. The highest BCUT2D eigenvalue weighted by molar-refractivity contribution is 5.25. The van der Waals surface area contributed by atoms with Crippen molar-refractivity contribution in [3.63, 3.8) is 0 Å². The first-order chi connectivity index (χ1) is 7.63. The molecule has 3 nitrogen and oxygen atoms in total. The minimum atomic E-state index is -0.261. The summed E-state index contributed by atoms with van der Waals surface area (Å²) in [5.41, 5.74) is 2.10. The monoisotopic (exact) mass is 223 g/mol. The lowest BCUT2D eigenvalue weighted by atomic mass is 10.1. The molecule has 0 aliphatic heterocycles. The Balaban J connectivity index is 2.48. The van der Waals surface area contributed by atoms with Crippen LogP contribution in [0.5, 0.6) is 0 Å². The number of rotatable bonds is 6. The van der Waals surface area contributed by atoms with E-state index in [-0.39, 0.29) is 18.8 Å². The highest BCUT2D eigenvalue weighted by Crippen LogP contribution is 2.14. The van der Waals surface area contributed by atoms with Crippen molar-refractivity contribution in [3.8, 4) is 0 Å². The molecule has 1 rings (SSSR count). The van der Waals surface area contributed by atoms with Crippen molar-refractivity contribution < 1.29 is 10.2 Å². The maximum absolute atomic E-state index is 9.14. The second-order valence-electron chi connectivity index (χ2n) is 4.22. The summed E-state index contributed by atoms with van der Waals surface area (Å²) in [4.78, 5) is 0. The third-order valence-corrected chi connectivity index (χ3v) is 2.65. The summed E-state index contributed by atoms with van der Waals surface area (Å²) in [7, 11) is 0. The van der Waals surface area contributed by atoms with Gasteiger partial charge in [-0.1, -0.05) is 24.3 Å². The molecule has 0 aliphatic carbocycles. The normalized spacial score (nSPS) is 14.8. The molecule has 1 aromatic carbocycles. The van der Waals surface area contributed by atoms with Gasteiger partial charge in [-0.3, -0.25) is 0 Å². The zero-order chi connectivity index (χ0) is 12.0. The predicted molar refractivity (Wildman–Crippen MR) is 65.1 cm³/mol. The van der Waals surface area contributed by atoms with E-state index in [1.54, 1.807) is 6.92 Å². The molecule has 2 unspecified atom stereocenters. The predicted octanol–water partition coefficient (Wildman–Crippen LogP) is 1.60. The Morgan fingerprint density at radius 1 is 1.31 bits per heavy atom. The zero-order valence-electron chi connectivity index (χ0n) is 9.98. The molecular weight excluding hydrogens is 202 g/mol. The van der Waals surface area contributed by atoms with Gasteiger partial charge >= 0.3 is 0 Å². The molecule has 0 saturated carbocycles. The summed E-state index contributed by atoms with van der Waals surface area (Å²) in [6, 6.07) is 8.14. The van der Waals surface area contributed by atoms with Gasteiger partial charge in [0.25, 0.3) is 0 Å². The molecule has 2 atom stereocenters. The van der Waals surface area contributed by atoms with Crippen LogP contribution in [0.2, 0.25) is 0 Å². The van der Waals surface area contributed by atoms with Crippen LogP contribution in [-0.2, 0) is 6.61 Å². The van der Waals surface area contributed by atoms with Crippen LogP contribution in [0.1, 0.15) is 37.4 Å². The molecule has 0 saturated heterocycles. The van der Waals surface area contributed by atoms with E-state index < -0.39 is 0 Å². The average molecular weight is 223 g/mol. The first-order valence-corrected chi connectivity index (χ1v) is 5.74. The Morgan fingerprint density at radius 3 is 2.69 bits per heavy atom. The van der Waals surface area contributed by atoms with E-state index in [0.29, 0.717) is 0 Å². The number of hydrogen-bond donors (Lipinski definition) is 3. The minimum Gasteiger partial charge on any atom is -0.393 e. The van der Waals surface area contributed by atoms with Crippen molar-refractivity contribution in [3.05, 3.63) is 35.4 Å². The summed E-state index contributed by atoms with van der Waals surface area (Å²) < 4.78 is 0. The van der Waals surface area contributed by atoms with Crippen LogP contribution < -0.4 is 5.32 Å². The maximum atomic E-state index is 9.14. The fourth-order valence-corrected chi connectivity index (χ4v) is 1.59. The van der Waals surface area contributed by atoms with Gasteiger partial charge in [0.15, 0.2) is 0 Å². The van der Waals surface area contributed by atoms with Crippen LogP contribution in [0.4, 0.5) is 0 Å². The second kappa shape index (κ2) is 6.63. The number of benzene rings is 1. The fourth-order valence-electron chi connectivity index (χ4n) is 1.59. The van der Waals surface area contributed by atoms with Crippen molar-refractivity contribution in [2.24, 2.45) is 0 Å². The second-order valence-corrected chi connectivity index (χ2v) is 4.22. The van der Waals surface area contributed by atoms with Gasteiger partial charge in [-0.25, -0.2) is 0 Å². The van der Waals surface area contributed by atoms with E-state index in [4.69, 9.17) is 10.2 Å². The Morgan fingerprint density at radius 2 is 2.06 bits per heavy atom. The molecule has 3 heteroatoms. The molecule has 0 aromatic heterocycles. The van der Waals surface area contributed by atoms with Crippen LogP contribution in [0.3, 0.4) is 0 Å². The Labute approximate surface area is 97.1 Å². The minimum absolute atomic E-state index is 0.0776. The quantitative estimate of drug-likeness (QED) is 0.686. The van der Waals surface area contributed by atoms with Crippen molar-refractivity contribution in [1.82, 2.24) is 5.32 Å². The van der Waals surface area contributed by atoms with Gasteiger partial charge < -0.3 is 15.5 Å². The first kappa shape index (κ1) is 13.2. The highest BCUT2D eigenvalue weighted by atomic mass is 16.3. The lowest BCUT2D eigenvalue weighted by Crippen LogP contribution is -2.22. The van der Waals surface area contributed by atoms with E-state index in [9.17, 15) is 0 Å². The maximum Gasteiger partial charge on any atom is 0.0681 e. The zero-order valence-corrected chi connectivity index (χ0v) is 9.98.